The lowest BCUT2D eigenvalue weighted by Gasteiger charge is -2.27. The lowest BCUT2D eigenvalue weighted by atomic mass is 9.75. The van der Waals surface area contributed by atoms with Crippen molar-refractivity contribution < 1.29 is 0 Å². The molecule has 0 saturated heterocycles. The zero-order valence-corrected chi connectivity index (χ0v) is 18.2. The maximum Gasteiger partial charge on any atom is 0.0459 e. The molecule has 2 nitrogen and oxygen atoms in total. The van der Waals surface area contributed by atoms with Gasteiger partial charge in [0.25, 0.3) is 0 Å². The van der Waals surface area contributed by atoms with Gasteiger partial charge in [-0.15, -0.1) is 0 Å². The van der Waals surface area contributed by atoms with E-state index in [1.807, 2.05) is 0 Å². The van der Waals surface area contributed by atoms with Crippen molar-refractivity contribution in [2.45, 2.75) is 17.8 Å². The molecule has 0 radical (unpaired) electrons. The monoisotopic (exact) mass is 424 g/mol. The highest BCUT2D eigenvalue weighted by molar-refractivity contribution is 5.90. The van der Waals surface area contributed by atoms with Gasteiger partial charge in [-0.2, -0.15) is 0 Å². The zero-order chi connectivity index (χ0) is 21.8. The maximum absolute atomic E-state index is 3.86. The quantitative estimate of drug-likeness (QED) is 0.292. The lowest BCUT2D eigenvalue weighted by molar-refractivity contribution is 0.594. The minimum atomic E-state index is 0.233. The first kappa shape index (κ1) is 18.5. The van der Waals surface area contributed by atoms with Gasteiger partial charge in [-0.05, 0) is 34.4 Å². The summed E-state index contributed by atoms with van der Waals surface area (Å²) >= 11 is 0. The summed E-state index contributed by atoms with van der Waals surface area (Å²) in [6.45, 7) is 0. The highest BCUT2D eigenvalue weighted by atomic mass is 14.8. The summed E-state index contributed by atoms with van der Waals surface area (Å²) < 4.78 is 0. The topological polar surface area (TPSA) is 31.6 Å². The second-order valence-electron chi connectivity index (χ2n) is 9.09. The van der Waals surface area contributed by atoms with Crippen LogP contribution in [0.2, 0.25) is 0 Å². The molecule has 0 spiro atoms. The lowest BCUT2D eigenvalue weighted by Crippen LogP contribution is -2.14. The van der Waals surface area contributed by atoms with Crippen LogP contribution >= 0.6 is 0 Å². The van der Waals surface area contributed by atoms with E-state index < -0.39 is 0 Å². The van der Waals surface area contributed by atoms with Crippen LogP contribution in [-0.2, 0) is 0 Å². The summed E-state index contributed by atoms with van der Waals surface area (Å²) in [7, 11) is 0. The van der Waals surface area contributed by atoms with E-state index >= 15 is 0 Å². The van der Waals surface area contributed by atoms with Gasteiger partial charge in [-0.1, -0.05) is 97.1 Å². The van der Waals surface area contributed by atoms with E-state index in [9.17, 15) is 0 Å². The van der Waals surface area contributed by atoms with Crippen LogP contribution < -0.4 is 0 Å². The number of benzene rings is 4. The van der Waals surface area contributed by atoms with Crippen LogP contribution in [-0.4, -0.2) is 9.97 Å². The number of para-hydroxylation sites is 2. The molecule has 0 amide bonds. The predicted octanol–water partition coefficient (Wildman–Crippen LogP) is 7.71. The van der Waals surface area contributed by atoms with Crippen molar-refractivity contribution in [3.05, 3.63) is 143 Å². The molecule has 7 rings (SSSR count). The standard InChI is InChI=1S/C31H24N2/c1-3-11-20(12-4-1)27-28(21-13-5-2-6-14-21)30(24-19-32-25-17-9-7-15-22(24)25)31-29(27)23-16-8-10-18-26(23)33-31/h1-19,27-28,30,32-33H/t27-,28-,30+/m0/s1. The molecule has 1 aliphatic rings. The Hall–Kier alpha value is -4.04. The van der Waals surface area contributed by atoms with Gasteiger partial charge < -0.3 is 9.97 Å². The van der Waals surface area contributed by atoms with Crippen molar-refractivity contribution in [1.29, 1.82) is 0 Å². The van der Waals surface area contributed by atoms with Gasteiger partial charge in [-0.3, -0.25) is 0 Å². The van der Waals surface area contributed by atoms with E-state index in [0.29, 0.717) is 5.92 Å². The summed E-state index contributed by atoms with van der Waals surface area (Å²) in [5.74, 6) is 0.813. The van der Waals surface area contributed by atoms with Crippen LogP contribution in [0, 0.1) is 0 Å². The molecule has 0 fully saturated rings. The van der Waals surface area contributed by atoms with Crippen LogP contribution in [0.25, 0.3) is 21.8 Å². The van der Waals surface area contributed by atoms with Crippen molar-refractivity contribution in [1.82, 2.24) is 9.97 Å². The molecule has 0 unspecified atom stereocenters. The molecule has 0 aliphatic heterocycles. The number of aromatic amines is 2. The van der Waals surface area contributed by atoms with Gasteiger partial charge in [0.15, 0.2) is 0 Å². The van der Waals surface area contributed by atoms with Gasteiger partial charge in [0.1, 0.15) is 0 Å². The fourth-order valence-corrected chi connectivity index (χ4v) is 6.11. The molecule has 0 bridgehead atoms. The Morgan fingerprint density at radius 3 is 1.88 bits per heavy atom. The number of H-pyrrole nitrogens is 2. The largest absolute Gasteiger partial charge is 0.361 e. The normalized spacial score (nSPS) is 19.8. The Balaban J connectivity index is 1.57. The third-order valence-corrected chi connectivity index (χ3v) is 7.42. The number of hydrogen-bond acceptors (Lipinski definition) is 0. The van der Waals surface area contributed by atoms with E-state index in [0.717, 1.165) is 0 Å². The molecule has 158 valence electrons. The summed E-state index contributed by atoms with van der Waals surface area (Å²) in [4.78, 5) is 7.41. The Morgan fingerprint density at radius 1 is 0.515 bits per heavy atom. The Bertz CT molecular complexity index is 1570. The van der Waals surface area contributed by atoms with Gasteiger partial charge in [0.2, 0.25) is 0 Å². The molecule has 2 heterocycles. The molecule has 2 aromatic heterocycles. The van der Waals surface area contributed by atoms with Crippen molar-refractivity contribution in [3.8, 4) is 0 Å². The predicted molar refractivity (Wildman–Crippen MR) is 136 cm³/mol. The Morgan fingerprint density at radius 2 is 1.12 bits per heavy atom. The first-order valence-corrected chi connectivity index (χ1v) is 11.7. The van der Waals surface area contributed by atoms with Crippen molar-refractivity contribution in [2.75, 3.05) is 0 Å². The molecule has 2 heteroatoms. The zero-order valence-electron chi connectivity index (χ0n) is 18.2. The molecular weight excluding hydrogens is 400 g/mol. The van der Waals surface area contributed by atoms with Gasteiger partial charge in [0, 0.05) is 51.5 Å². The number of rotatable bonds is 3. The van der Waals surface area contributed by atoms with Crippen molar-refractivity contribution >= 4 is 21.8 Å². The first-order valence-electron chi connectivity index (χ1n) is 11.7. The molecule has 1 aliphatic carbocycles. The van der Waals surface area contributed by atoms with Gasteiger partial charge in [-0.25, -0.2) is 0 Å². The fraction of sp³-hybridized carbons (Fsp3) is 0.0968. The molecule has 4 aromatic carbocycles. The van der Waals surface area contributed by atoms with Crippen molar-refractivity contribution in [3.63, 3.8) is 0 Å². The molecular formula is C31H24N2. The van der Waals surface area contributed by atoms with Crippen LogP contribution in [0.1, 0.15) is 45.7 Å². The third kappa shape index (κ3) is 2.74. The second kappa shape index (κ2) is 7.25. The molecule has 33 heavy (non-hydrogen) atoms. The molecule has 2 N–H and O–H groups in total. The van der Waals surface area contributed by atoms with Crippen molar-refractivity contribution in [2.24, 2.45) is 0 Å². The van der Waals surface area contributed by atoms with Crippen LogP contribution in [0.3, 0.4) is 0 Å². The average molecular weight is 425 g/mol. The molecule has 0 saturated carbocycles. The minimum Gasteiger partial charge on any atom is -0.361 e. The highest BCUT2D eigenvalue weighted by Crippen LogP contribution is 2.59. The highest BCUT2D eigenvalue weighted by Gasteiger charge is 2.46. The van der Waals surface area contributed by atoms with E-state index in [1.54, 1.807) is 0 Å². The number of nitrogens with one attached hydrogen (secondary N) is 2. The SMILES string of the molecule is c1ccc([C@@H]2c3c([nH]c4ccccc34)[C@H](c3c[nH]c4ccccc34)[C@H]2c2ccccc2)cc1. The van der Waals surface area contributed by atoms with Crippen LogP contribution in [0.5, 0.6) is 0 Å². The Labute approximate surface area is 192 Å². The number of fused-ring (bicyclic) bond motifs is 4. The second-order valence-corrected chi connectivity index (χ2v) is 9.09. The Kier molecular flexibility index (Phi) is 4.07. The fourth-order valence-electron chi connectivity index (χ4n) is 6.11. The summed E-state index contributed by atoms with van der Waals surface area (Å²) in [5.41, 5.74) is 9.34. The van der Waals surface area contributed by atoms with E-state index in [-0.39, 0.29) is 11.8 Å². The summed E-state index contributed by atoms with van der Waals surface area (Å²) in [5, 5.41) is 2.64. The van der Waals surface area contributed by atoms with Crippen LogP contribution in [0.15, 0.2) is 115 Å². The smallest absolute Gasteiger partial charge is 0.0459 e. The maximum atomic E-state index is 3.86. The van der Waals surface area contributed by atoms with Crippen LogP contribution in [0.4, 0.5) is 0 Å². The first-order chi connectivity index (χ1) is 16.4. The summed E-state index contributed by atoms with van der Waals surface area (Å²) in [6, 6.07) is 39.6. The molecule has 3 atom stereocenters. The van der Waals surface area contributed by atoms with E-state index in [2.05, 4.69) is 125 Å². The minimum absolute atomic E-state index is 0.233. The third-order valence-electron chi connectivity index (χ3n) is 7.42. The molecule has 6 aromatic rings. The average Bonchev–Trinajstić information content (AvgIpc) is 3.55. The van der Waals surface area contributed by atoms with Gasteiger partial charge in [0.05, 0.1) is 0 Å². The number of hydrogen-bond donors (Lipinski definition) is 2. The van der Waals surface area contributed by atoms with Gasteiger partial charge >= 0.3 is 0 Å². The van der Waals surface area contributed by atoms with E-state index in [1.165, 1.54) is 49.8 Å². The number of aromatic nitrogens is 2. The summed E-state index contributed by atoms with van der Waals surface area (Å²) in [6.07, 6.45) is 2.23. The van der Waals surface area contributed by atoms with E-state index in [4.69, 9.17) is 0 Å².